The predicted octanol–water partition coefficient (Wildman–Crippen LogP) is 5.14. The molecule has 3 aromatic rings. The second-order valence-corrected chi connectivity index (χ2v) is 8.82. The van der Waals surface area contributed by atoms with Crippen LogP contribution in [-0.4, -0.2) is 32.3 Å². The molecular formula is C22H23Cl2N5O2S. The summed E-state index contributed by atoms with van der Waals surface area (Å²) in [5, 5.41) is 15.7. The van der Waals surface area contributed by atoms with Gasteiger partial charge in [-0.2, -0.15) is 0 Å². The van der Waals surface area contributed by atoms with E-state index in [9.17, 15) is 9.59 Å². The van der Waals surface area contributed by atoms with E-state index in [4.69, 9.17) is 23.2 Å². The number of carbonyl (C=O) groups is 2. The highest BCUT2D eigenvalue weighted by atomic mass is 35.5. The van der Waals surface area contributed by atoms with E-state index in [1.807, 2.05) is 31.4 Å². The summed E-state index contributed by atoms with van der Waals surface area (Å²) in [5.74, 6) is 0.284. The zero-order valence-corrected chi connectivity index (χ0v) is 20.2. The topological polar surface area (TPSA) is 88.9 Å². The monoisotopic (exact) mass is 491 g/mol. The predicted molar refractivity (Wildman–Crippen MR) is 129 cm³/mol. The first-order valence-electron chi connectivity index (χ1n) is 9.97. The minimum Gasteiger partial charge on any atom is -0.342 e. The number of anilines is 1. The van der Waals surface area contributed by atoms with E-state index in [2.05, 4.69) is 20.8 Å². The van der Waals surface area contributed by atoms with Crippen molar-refractivity contribution >= 4 is 52.5 Å². The number of nitrogens with one attached hydrogen (secondary N) is 2. The number of benzene rings is 2. The second kappa shape index (κ2) is 10.8. The second-order valence-electron chi connectivity index (χ2n) is 7.06. The zero-order valence-electron chi connectivity index (χ0n) is 17.9. The van der Waals surface area contributed by atoms with E-state index in [1.165, 1.54) is 11.8 Å². The molecule has 168 valence electrons. The largest absolute Gasteiger partial charge is 0.342 e. The Kier molecular flexibility index (Phi) is 8.17. The van der Waals surface area contributed by atoms with Crippen LogP contribution in [0.2, 0.25) is 10.0 Å². The van der Waals surface area contributed by atoms with Crippen LogP contribution in [0.5, 0.6) is 0 Å². The number of aromatic nitrogens is 3. The Morgan fingerprint density at radius 2 is 1.88 bits per heavy atom. The molecule has 0 spiro atoms. The molecule has 0 aliphatic carbocycles. The lowest BCUT2D eigenvalue weighted by atomic mass is 10.2. The Bertz CT molecular complexity index is 1140. The normalized spacial score (nSPS) is 11.8. The molecule has 0 fully saturated rings. The number of nitrogens with zero attached hydrogens (tertiary/aromatic N) is 3. The Morgan fingerprint density at radius 1 is 1.12 bits per heavy atom. The number of hydrogen-bond donors (Lipinski definition) is 2. The van der Waals surface area contributed by atoms with Crippen LogP contribution in [0.1, 0.15) is 41.6 Å². The minimum absolute atomic E-state index is 0.157. The van der Waals surface area contributed by atoms with Crippen LogP contribution < -0.4 is 10.6 Å². The Hall–Kier alpha value is -2.55. The molecule has 0 saturated heterocycles. The molecule has 32 heavy (non-hydrogen) atoms. The van der Waals surface area contributed by atoms with Crippen LogP contribution in [0, 0.1) is 6.92 Å². The fourth-order valence-corrected chi connectivity index (χ4v) is 4.22. The average molecular weight is 492 g/mol. The maximum Gasteiger partial charge on any atom is 0.253 e. The molecule has 2 N–H and O–H groups in total. The van der Waals surface area contributed by atoms with Crippen molar-refractivity contribution in [3.05, 3.63) is 69.5 Å². The van der Waals surface area contributed by atoms with E-state index in [0.717, 1.165) is 5.56 Å². The molecule has 2 amide bonds. The summed E-state index contributed by atoms with van der Waals surface area (Å²) in [6, 6.07) is 11.8. The number of hydrogen-bond acceptors (Lipinski definition) is 5. The molecule has 0 saturated carbocycles. The van der Waals surface area contributed by atoms with Crippen LogP contribution in [0.3, 0.4) is 0 Å². The third-order valence-electron chi connectivity index (χ3n) is 4.70. The number of rotatable bonds is 8. The molecule has 1 aromatic heterocycles. The van der Waals surface area contributed by atoms with Crippen molar-refractivity contribution in [1.82, 2.24) is 20.1 Å². The molecule has 0 unspecified atom stereocenters. The molecule has 0 aliphatic rings. The van der Waals surface area contributed by atoms with Gasteiger partial charge in [0.15, 0.2) is 11.0 Å². The van der Waals surface area contributed by atoms with Crippen molar-refractivity contribution in [3.63, 3.8) is 0 Å². The zero-order chi connectivity index (χ0) is 23.3. The summed E-state index contributed by atoms with van der Waals surface area (Å²) >= 11 is 13.5. The molecule has 10 heteroatoms. The van der Waals surface area contributed by atoms with Gasteiger partial charge in [0.25, 0.3) is 5.91 Å². The van der Waals surface area contributed by atoms with E-state index in [-0.39, 0.29) is 17.6 Å². The third kappa shape index (κ3) is 5.82. The van der Waals surface area contributed by atoms with Crippen molar-refractivity contribution in [1.29, 1.82) is 0 Å². The van der Waals surface area contributed by atoms with E-state index in [0.29, 0.717) is 38.8 Å². The Morgan fingerprint density at radius 3 is 2.56 bits per heavy atom. The fraction of sp³-hybridized carbons (Fsp3) is 0.273. The van der Waals surface area contributed by atoms with E-state index < -0.39 is 6.04 Å². The molecule has 0 aliphatic heterocycles. The molecule has 1 heterocycles. The van der Waals surface area contributed by atoms with E-state index >= 15 is 0 Å². The summed E-state index contributed by atoms with van der Waals surface area (Å²) in [7, 11) is 0. The standard InChI is InChI=1S/C22H23Cl2N5O2S/c1-4-29-20(14(3)25-21(31)16-7-5-6-8-17(16)23)27-28-22(29)32-12-19(30)26-15-10-9-13(2)18(24)11-15/h5-11,14H,4,12H2,1-3H3,(H,25,31)(H,26,30)/t14-/m0/s1. The first-order valence-corrected chi connectivity index (χ1v) is 11.7. The van der Waals surface area contributed by atoms with Crippen LogP contribution in [0.4, 0.5) is 5.69 Å². The van der Waals surface area contributed by atoms with Gasteiger partial charge < -0.3 is 15.2 Å². The van der Waals surface area contributed by atoms with Crippen LogP contribution in [0.15, 0.2) is 47.6 Å². The first-order chi connectivity index (χ1) is 15.3. The lowest BCUT2D eigenvalue weighted by Gasteiger charge is -2.15. The van der Waals surface area contributed by atoms with Gasteiger partial charge in [-0.1, -0.05) is 53.2 Å². The molecule has 2 aromatic carbocycles. The van der Waals surface area contributed by atoms with Gasteiger partial charge >= 0.3 is 0 Å². The van der Waals surface area contributed by atoms with Gasteiger partial charge in [-0.25, -0.2) is 0 Å². The lowest BCUT2D eigenvalue weighted by molar-refractivity contribution is -0.113. The van der Waals surface area contributed by atoms with Crippen molar-refractivity contribution in [2.75, 3.05) is 11.1 Å². The average Bonchev–Trinajstić information content (AvgIpc) is 3.18. The van der Waals surface area contributed by atoms with Crippen molar-refractivity contribution in [3.8, 4) is 0 Å². The summed E-state index contributed by atoms with van der Waals surface area (Å²) in [6.07, 6.45) is 0. The maximum absolute atomic E-state index is 12.6. The number of thioether (sulfide) groups is 1. The van der Waals surface area contributed by atoms with Gasteiger partial charge in [-0.15, -0.1) is 10.2 Å². The molecular weight excluding hydrogens is 469 g/mol. The summed E-state index contributed by atoms with van der Waals surface area (Å²) < 4.78 is 1.87. The van der Waals surface area contributed by atoms with Crippen LogP contribution in [0.25, 0.3) is 0 Å². The van der Waals surface area contributed by atoms with Gasteiger partial charge in [-0.3, -0.25) is 9.59 Å². The fourth-order valence-electron chi connectivity index (χ4n) is 3.01. The van der Waals surface area contributed by atoms with Crippen molar-refractivity contribution in [2.45, 2.75) is 38.5 Å². The lowest BCUT2D eigenvalue weighted by Crippen LogP contribution is -2.29. The molecule has 7 nitrogen and oxygen atoms in total. The van der Waals surface area contributed by atoms with Crippen molar-refractivity contribution in [2.24, 2.45) is 0 Å². The Labute approximate surface area is 200 Å². The number of carbonyl (C=O) groups excluding carboxylic acids is 2. The van der Waals surface area contributed by atoms with Crippen LogP contribution in [-0.2, 0) is 11.3 Å². The van der Waals surface area contributed by atoms with Gasteiger partial charge in [-0.05, 0) is 50.6 Å². The Balaban J connectivity index is 1.63. The molecule has 1 atom stereocenters. The number of aryl methyl sites for hydroxylation is 1. The van der Waals surface area contributed by atoms with Gasteiger partial charge in [0.2, 0.25) is 5.91 Å². The number of halogens is 2. The smallest absolute Gasteiger partial charge is 0.253 e. The minimum atomic E-state index is -0.399. The van der Waals surface area contributed by atoms with E-state index in [1.54, 1.807) is 36.4 Å². The third-order valence-corrected chi connectivity index (χ3v) is 6.41. The molecule has 3 rings (SSSR count). The molecule has 0 bridgehead atoms. The van der Waals surface area contributed by atoms with Crippen LogP contribution >= 0.6 is 35.0 Å². The highest BCUT2D eigenvalue weighted by molar-refractivity contribution is 7.99. The first kappa shape index (κ1) is 24.1. The molecule has 0 radical (unpaired) electrons. The quantitative estimate of drug-likeness (QED) is 0.426. The van der Waals surface area contributed by atoms with Gasteiger partial charge in [0.1, 0.15) is 0 Å². The maximum atomic E-state index is 12.6. The highest BCUT2D eigenvalue weighted by Gasteiger charge is 2.21. The van der Waals surface area contributed by atoms with Crippen molar-refractivity contribution < 1.29 is 9.59 Å². The summed E-state index contributed by atoms with van der Waals surface area (Å²) in [4.78, 5) is 24.9. The van der Waals surface area contributed by atoms with Gasteiger partial charge in [0, 0.05) is 17.3 Å². The SMILES string of the molecule is CCn1c(SCC(=O)Nc2ccc(C)c(Cl)c2)nnc1[C@H](C)NC(=O)c1ccccc1Cl. The summed E-state index contributed by atoms with van der Waals surface area (Å²) in [6.45, 7) is 6.27. The van der Waals surface area contributed by atoms with Gasteiger partial charge in [0.05, 0.1) is 22.4 Å². The highest BCUT2D eigenvalue weighted by Crippen LogP contribution is 2.23. The number of amides is 2. The summed E-state index contributed by atoms with van der Waals surface area (Å²) in [5.41, 5.74) is 1.98.